The second-order valence-corrected chi connectivity index (χ2v) is 6.40. The highest BCUT2D eigenvalue weighted by Gasteiger charge is 2.21. The zero-order chi connectivity index (χ0) is 16.9. The van der Waals surface area contributed by atoms with Crippen molar-refractivity contribution in [2.75, 3.05) is 13.2 Å². The van der Waals surface area contributed by atoms with Gasteiger partial charge in [-0.15, -0.1) is 0 Å². The molecule has 0 aliphatic carbocycles. The van der Waals surface area contributed by atoms with Crippen molar-refractivity contribution < 1.29 is 14.3 Å². The molecule has 2 aromatic carbocycles. The van der Waals surface area contributed by atoms with E-state index < -0.39 is 0 Å². The van der Waals surface area contributed by atoms with Crippen molar-refractivity contribution in [3.05, 3.63) is 58.6 Å². The van der Waals surface area contributed by atoms with Crippen LogP contribution in [0, 0.1) is 0 Å². The number of halogens is 1. The number of rotatable bonds is 3. The first kappa shape index (κ1) is 16.7. The number of carbonyl (C=O) groups excluding carboxylic acids is 1. The van der Waals surface area contributed by atoms with Gasteiger partial charge in [-0.05, 0) is 52.4 Å². The molecule has 3 rings (SSSR count). The van der Waals surface area contributed by atoms with Crippen LogP contribution in [0.25, 0.3) is 0 Å². The first-order chi connectivity index (χ1) is 11.6. The molecule has 1 aliphatic rings. The van der Waals surface area contributed by atoms with Gasteiger partial charge in [0.15, 0.2) is 16.6 Å². The quantitative estimate of drug-likeness (QED) is 0.767. The molecule has 0 bridgehead atoms. The Balaban J connectivity index is 1.50. The van der Waals surface area contributed by atoms with Crippen molar-refractivity contribution in [1.29, 1.82) is 0 Å². The van der Waals surface area contributed by atoms with Crippen molar-refractivity contribution in [3.63, 3.8) is 0 Å². The summed E-state index contributed by atoms with van der Waals surface area (Å²) in [6, 6.07) is 14.7. The van der Waals surface area contributed by atoms with E-state index in [1.807, 2.05) is 30.3 Å². The van der Waals surface area contributed by atoms with E-state index >= 15 is 0 Å². The number of benzene rings is 2. The first-order valence-electron chi connectivity index (χ1n) is 7.35. The van der Waals surface area contributed by atoms with Gasteiger partial charge in [-0.25, -0.2) is 0 Å². The number of para-hydroxylation sites is 2. The molecule has 0 saturated carbocycles. The van der Waals surface area contributed by atoms with Crippen molar-refractivity contribution in [2.45, 2.75) is 6.10 Å². The largest absolute Gasteiger partial charge is 0.486 e. The Labute approximate surface area is 153 Å². The van der Waals surface area contributed by atoms with Gasteiger partial charge >= 0.3 is 0 Å². The zero-order valence-corrected chi connectivity index (χ0v) is 15.0. The Morgan fingerprint density at radius 3 is 2.67 bits per heavy atom. The number of fused-ring (bicyclic) bond motifs is 1. The summed E-state index contributed by atoms with van der Waals surface area (Å²) in [5.74, 6) is 1.17. The second kappa shape index (κ2) is 7.63. The fourth-order valence-corrected chi connectivity index (χ4v) is 2.87. The van der Waals surface area contributed by atoms with Crippen LogP contribution in [0.1, 0.15) is 10.4 Å². The fourth-order valence-electron chi connectivity index (χ4n) is 2.23. The van der Waals surface area contributed by atoms with Crippen LogP contribution in [0.15, 0.2) is 53.0 Å². The standard InChI is InChI=1S/C17H15BrN2O3S/c18-13-6-2-1-5-12(13)16(21)20-17(24)19-9-11-10-22-14-7-3-4-8-15(14)23-11/h1-8,11H,9-10H2,(H2,19,20,21,24)/t11-/m0/s1. The Hall–Kier alpha value is -2.12. The highest BCUT2D eigenvalue weighted by Crippen LogP contribution is 2.30. The third-order valence-corrected chi connectivity index (χ3v) is 4.34. The molecule has 2 N–H and O–H groups in total. The summed E-state index contributed by atoms with van der Waals surface area (Å²) in [5, 5.41) is 5.88. The number of thiocarbonyl (C=S) groups is 1. The van der Waals surface area contributed by atoms with E-state index in [4.69, 9.17) is 21.7 Å². The van der Waals surface area contributed by atoms with Gasteiger partial charge in [-0.1, -0.05) is 24.3 Å². The molecular weight excluding hydrogens is 392 g/mol. The van der Waals surface area contributed by atoms with Crippen LogP contribution in [0.4, 0.5) is 0 Å². The Morgan fingerprint density at radius 2 is 1.88 bits per heavy atom. The summed E-state index contributed by atoms with van der Waals surface area (Å²) in [5.41, 5.74) is 0.521. The van der Waals surface area contributed by atoms with Gasteiger partial charge in [0.05, 0.1) is 12.1 Å². The maximum absolute atomic E-state index is 12.2. The third kappa shape index (κ3) is 4.04. The maximum Gasteiger partial charge on any atom is 0.258 e. The average Bonchev–Trinajstić information content (AvgIpc) is 2.60. The van der Waals surface area contributed by atoms with E-state index in [9.17, 15) is 4.79 Å². The van der Waals surface area contributed by atoms with Gasteiger partial charge in [0.2, 0.25) is 0 Å². The van der Waals surface area contributed by atoms with E-state index in [0.717, 1.165) is 5.75 Å². The molecule has 2 aromatic rings. The van der Waals surface area contributed by atoms with Gasteiger partial charge in [0.25, 0.3) is 5.91 Å². The molecule has 1 amide bonds. The lowest BCUT2D eigenvalue weighted by atomic mass is 10.2. The molecule has 0 unspecified atom stereocenters. The van der Waals surface area contributed by atoms with Crippen LogP contribution in [0.5, 0.6) is 11.5 Å². The first-order valence-corrected chi connectivity index (χ1v) is 8.56. The van der Waals surface area contributed by atoms with Crippen LogP contribution in [-0.2, 0) is 0 Å². The van der Waals surface area contributed by atoms with E-state index in [2.05, 4.69) is 26.6 Å². The Bertz CT molecular complexity index is 769. The minimum Gasteiger partial charge on any atom is -0.486 e. The number of amides is 1. The molecule has 0 radical (unpaired) electrons. The lowest BCUT2D eigenvalue weighted by Crippen LogP contribution is -2.46. The van der Waals surface area contributed by atoms with Crippen molar-refractivity contribution in [3.8, 4) is 11.5 Å². The van der Waals surface area contributed by atoms with Crippen molar-refractivity contribution >= 4 is 39.2 Å². The molecule has 1 heterocycles. The molecule has 124 valence electrons. The maximum atomic E-state index is 12.2. The SMILES string of the molecule is O=C(NC(=S)NC[C@H]1COc2ccccc2O1)c1ccccc1Br. The molecular formula is C17H15BrN2O3S. The molecule has 1 atom stereocenters. The summed E-state index contributed by atoms with van der Waals surface area (Å²) in [7, 11) is 0. The molecule has 5 nitrogen and oxygen atoms in total. The summed E-state index contributed by atoms with van der Waals surface area (Å²) >= 11 is 8.51. The molecule has 24 heavy (non-hydrogen) atoms. The molecule has 0 saturated heterocycles. The lowest BCUT2D eigenvalue weighted by Gasteiger charge is -2.26. The fraction of sp³-hybridized carbons (Fsp3) is 0.176. The van der Waals surface area contributed by atoms with Crippen LogP contribution in [-0.4, -0.2) is 30.3 Å². The smallest absolute Gasteiger partial charge is 0.258 e. The molecule has 7 heteroatoms. The van der Waals surface area contributed by atoms with E-state index in [1.54, 1.807) is 18.2 Å². The van der Waals surface area contributed by atoms with Gasteiger partial charge < -0.3 is 14.8 Å². The van der Waals surface area contributed by atoms with Crippen LogP contribution in [0.2, 0.25) is 0 Å². The number of hydrogen-bond donors (Lipinski definition) is 2. The van der Waals surface area contributed by atoms with Crippen LogP contribution >= 0.6 is 28.1 Å². The van der Waals surface area contributed by atoms with Crippen molar-refractivity contribution in [1.82, 2.24) is 10.6 Å². The number of hydrogen-bond acceptors (Lipinski definition) is 4. The van der Waals surface area contributed by atoms with Crippen LogP contribution in [0.3, 0.4) is 0 Å². The number of carbonyl (C=O) groups is 1. The average molecular weight is 407 g/mol. The lowest BCUT2D eigenvalue weighted by molar-refractivity contribution is 0.0928. The van der Waals surface area contributed by atoms with Gasteiger partial charge in [0.1, 0.15) is 12.7 Å². The van der Waals surface area contributed by atoms with Gasteiger partial charge in [-0.2, -0.15) is 0 Å². The number of ether oxygens (including phenoxy) is 2. The minimum atomic E-state index is -0.272. The summed E-state index contributed by atoms with van der Waals surface area (Å²) in [4.78, 5) is 12.2. The Kier molecular flexibility index (Phi) is 5.32. The predicted octanol–water partition coefficient (Wildman–Crippen LogP) is 2.89. The molecule has 0 fully saturated rings. The summed E-state index contributed by atoms with van der Waals surface area (Å²) in [6.45, 7) is 0.855. The summed E-state index contributed by atoms with van der Waals surface area (Å²) < 4.78 is 12.2. The van der Waals surface area contributed by atoms with Gasteiger partial charge in [0, 0.05) is 4.47 Å². The van der Waals surface area contributed by atoms with Gasteiger partial charge in [-0.3, -0.25) is 10.1 Å². The van der Waals surface area contributed by atoms with Crippen molar-refractivity contribution in [2.24, 2.45) is 0 Å². The summed E-state index contributed by atoms with van der Waals surface area (Å²) in [6.07, 6.45) is -0.182. The van der Waals surface area contributed by atoms with Crippen LogP contribution < -0.4 is 20.1 Å². The monoisotopic (exact) mass is 406 g/mol. The Morgan fingerprint density at radius 1 is 1.17 bits per heavy atom. The normalized spacial score (nSPS) is 15.5. The van der Waals surface area contributed by atoms with E-state index in [1.165, 1.54) is 0 Å². The highest BCUT2D eigenvalue weighted by atomic mass is 79.9. The topological polar surface area (TPSA) is 59.6 Å². The molecule has 0 spiro atoms. The minimum absolute atomic E-state index is 0.182. The predicted molar refractivity (Wildman–Crippen MR) is 98.6 cm³/mol. The third-order valence-electron chi connectivity index (χ3n) is 3.40. The molecule has 0 aromatic heterocycles. The van der Waals surface area contributed by atoms with E-state index in [0.29, 0.717) is 28.9 Å². The van der Waals surface area contributed by atoms with E-state index in [-0.39, 0.29) is 17.1 Å². The zero-order valence-electron chi connectivity index (χ0n) is 12.6. The molecule has 1 aliphatic heterocycles. The highest BCUT2D eigenvalue weighted by molar-refractivity contribution is 9.10. The number of nitrogens with one attached hydrogen (secondary N) is 2. The second-order valence-electron chi connectivity index (χ2n) is 5.14.